The number of nitrogens with two attached hydrogens (primary N) is 2. The van der Waals surface area contributed by atoms with Crippen LogP contribution in [0, 0.1) is 11.3 Å². The van der Waals surface area contributed by atoms with Crippen LogP contribution in [-0.2, 0) is 0 Å². The van der Waals surface area contributed by atoms with Crippen LogP contribution in [0.1, 0.15) is 5.56 Å². The Bertz CT molecular complexity index is 1250. The lowest BCUT2D eigenvalue weighted by molar-refractivity contribution is 0.952. The van der Waals surface area contributed by atoms with E-state index in [0.29, 0.717) is 22.1 Å². The largest absolute Gasteiger partial charge is 0.382 e. The summed E-state index contributed by atoms with van der Waals surface area (Å²) in [6.45, 7) is 0. The molecule has 0 atom stereocenters. The molecule has 0 amide bonds. The van der Waals surface area contributed by atoms with Gasteiger partial charge in [0.25, 0.3) is 0 Å². The highest BCUT2D eigenvalue weighted by Crippen LogP contribution is 2.35. The van der Waals surface area contributed by atoms with E-state index in [1.165, 1.54) is 4.52 Å². The fourth-order valence-electron chi connectivity index (χ4n) is 2.78. The van der Waals surface area contributed by atoms with E-state index in [1.807, 2.05) is 30.3 Å². The van der Waals surface area contributed by atoms with E-state index in [0.717, 1.165) is 5.56 Å². The second-order valence-corrected chi connectivity index (χ2v) is 6.23. The van der Waals surface area contributed by atoms with Gasteiger partial charge in [-0.1, -0.05) is 54.1 Å². The highest BCUT2D eigenvalue weighted by Gasteiger charge is 2.21. The van der Waals surface area contributed by atoms with Crippen LogP contribution in [0.5, 0.6) is 0 Å². The van der Waals surface area contributed by atoms with E-state index in [4.69, 9.17) is 23.1 Å². The van der Waals surface area contributed by atoms with Crippen molar-refractivity contribution < 1.29 is 0 Å². The first-order valence-electron chi connectivity index (χ1n) is 8.19. The van der Waals surface area contributed by atoms with Crippen molar-refractivity contribution in [2.24, 2.45) is 10.2 Å². The van der Waals surface area contributed by atoms with Crippen molar-refractivity contribution in [1.82, 2.24) is 14.6 Å². The fraction of sp³-hybridized carbons (Fsp3) is 0. The molecular weight excluding hydrogens is 376 g/mol. The first kappa shape index (κ1) is 17.5. The number of azo groups is 1. The summed E-state index contributed by atoms with van der Waals surface area (Å²) in [5, 5.41) is 22.7. The van der Waals surface area contributed by atoms with Crippen molar-refractivity contribution in [3.05, 3.63) is 65.2 Å². The first-order chi connectivity index (χ1) is 13.6. The third kappa shape index (κ3) is 2.90. The average Bonchev–Trinajstić information content (AvgIpc) is 3.01. The summed E-state index contributed by atoms with van der Waals surface area (Å²) in [6.07, 6.45) is 0. The van der Waals surface area contributed by atoms with Crippen LogP contribution in [0.25, 0.3) is 16.9 Å². The number of halogens is 1. The van der Waals surface area contributed by atoms with Crippen LogP contribution < -0.4 is 11.5 Å². The predicted molar refractivity (Wildman–Crippen MR) is 108 cm³/mol. The molecule has 2 aromatic carbocycles. The lowest BCUT2D eigenvalue weighted by atomic mass is 10.1. The number of hydrogen-bond acceptors (Lipinski definition) is 7. The monoisotopic (exact) mass is 388 g/mol. The number of rotatable bonds is 3. The molecule has 0 fully saturated rings. The summed E-state index contributed by atoms with van der Waals surface area (Å²) >= 11 is 6.11. The number of nitrogen functional groups attached to an aromatic ring is 2. The minimum atomic E-state index is 0.0583. The topological polar surface area (TPSA) is 131 Å². The zero-order valence-corrected chi connectivity index (χ0v) is 15.2. The van der Waals surface area contributed by atoms with E-state index >= 15 is 0 Å². The van der Waals surface area contributed by atoms with Gasteiger partial charge in [0, 0.05) is 5.56 Å². The van der Waals surface area contributed by atoms with E-state index in [9.17, 15) is 5.26 Å². The summed E-state index contributed by atoms with van der Waals surface area (Å²) in [7, 11) is 0. The Hall–Kier alpha value is -3.96. The van der Waals surface area contributed by atoms with Crippen molar-refractivity contribution in [2.45, 2.75) is 0 Å². The molecule has 4 rings (SSSR count). The third-order valence-electron chi connectivity index (χ3n) is 4.06. The van der Waals surface area contributed by atoms with Gasteiger partial charge in [0.05, 0.1) is 10.7 Å². The molecule has 0 bridgehead atoms. The predicted octanol–water partition coefficient (Wildman–Crippen LogP) is 4.50. The Balaban J connectivity index is 1.96. The van der Waals surface area contributed by atoms with Gasteiger partial charge in [-0.05, 0) is 12.1 Å². The molecule has 8 nitrogen and oxygen atoms in total. The van der Waals surface area contributed by atoms with Gasteiger partial charge in [0.2, 0.25) is 0 Å². The number of hydrogen-bond donors (Lipinski definition) is 2. The molecule has 2 heterocycles. The Labute approximate surface area is 164 Å². The number of aromatic nitrogens is 3. The third-order valence-corrected chi connectivity index (χ3v) is 4.38. The lowest BCUT2D eigenvalue weighted by Crippen LogP contribution is -2.05. The second kappa shape index (κ2) is 6.98. The zero-order chi connectivity index (χ0) is 19.7. The molecule has 0 saturated heterocycles. The van der Waals surface area contributed by atoms with Gasteiger partial charge < -0.3 is 11.5 Å². The number of anilines is 2. The normalized spacial score (nSPS) is 11.1. The Kier molecular flexibility index (Phi) is 4.35. The van der Waals surface area contributed by atoms with Gasteiger partial charge in [-0.3, -0.25) is 0 Å². The minimum absolute atomic E-state index is 0.0583. The van der Waals surface area contributed by atoms with E-state index in [2.05, 4.69) is 26.4 Å². The molecule has 0 spiro atoms. The van der Waals surface area contributed by atoms with E-state index in [-0.39, 0.29) is 22.9 Å². The van der Waals surface area contributed by atoms with Gasteiger partial charge in [0.1, 0.15) is 23.1 Å². The molecule has 4 N–H and O–H groups in total. The molecule has 9 heteroatoms. The summed E-state index contributed by atoms with van der Waals surface area (Å²) in [4.78, 5) is 4.28. The van der Waals surface area contributed by atoms with Crippen LogP contribution in [0.4, 0.5) is 23.0 Å². The Morgan fingerprint density at radius 3 is 2.39 bits per heavy atom. The molecule has 0 unspecified atom stereocenters. The quantitative estimate of drug-likeness (QED) is 0.499. The van der Waals surface area contributed by atoms with Crippen LogP contribution in [0.15, 0.2) is 64.8 Å². The lowest BCUT2D eigenvalue weighted by Gasteiger charge is -2.09. The molecule has 4 aromatic rings. The Morgan fingerprint density at radius 2 is 1.68 bits per heavy atom. The summed E-state index contributed by atoms with van der Waals surface area (Å²) in [5.74, 6) is 0.165. The number of benzene rings is 2. The average molecular weight is 389 g/mol. The zero-order valence-electron chi connectivity index (χ0n) is 14.4. The second-order valence-electron chi connectivity index (χ2n) is 5.82. The van der Waals surface area contributed by atoms with Crippen LogP contribution in [-0.4, -0.2) is 14.6 Å². The molecule has 0 radical (unpaired) electrons. The highest BCUT2D eigenvalue weighted by molar-refractivity contribution is 6.32. The number of nitrogens with zero attached hydrogens (tertiary/aromatic N) is 6. The Morgan fingerprint density at radius 1 is 0.964 bits per heavy atom. The highest BCUT2D eigenvalue weighted by atomic mass is 35.5. The van der Waals surface area contributed by atoms with E-state index in [1.54, 1.807) is 24.3 Å². The van der Waals surface area contributed by atoms with Crippen molar-refractivity contribution in [1.29, 1.82) is 5.26 Å². The van der Waals surface area contributed by atoms with Crippen LogP contribution >= 0.6 is 11.6 Å². The molecule has 0 aliphatic carbocycles. The summed E-state index contributed by atoms with van der Waals surface area (Å²) in [5.41, 5.74) is 14.5. The van der Waals surface area contributed by atoms with Gasteiger partial charge in [-0.2, -0.15) is 5.26 Å². The standard InChI is InChI=1S/C19H13ClN8/c20-13-8-4-5-9-14(13)25-26-15-18(23)27-28-16(11-6-2-1-3-7-11)12(10-21)17(22)24-19(15)28/h1-9H,(H2,22,24)(H2,23,27). The van der Waals surface area contributed by atoms with Gasteiger partial charge in [-0.15, -0.1) is 15.3 Å². The van der Waals surface area contributed by atoms with Crippen molar-refractivity contribution in [2.75, 3.05) is 11.5 Å². The molecular formula is C19H13ClN8. The van der Waals surface area contributed by atoms with Gasteiger partial charge >= 0.3 is 0 Å². The van der Waals surface area contributed by atoms with Crippen molar-refractivity contribution >= 4 is 40.3 Å². The number of nitriles is 1. The summed E-state index contributed by atoms with van der Waals surface area (Å²) < 4.78 is 1.46. The maximum atomic E-state index is 9.58. The SMILES string of the molecule is N#Cc1c(N)nc2c(N=Nc3ccccc3Cl)c(N)nn2c1-c1ccccc1. The van der Waals surface area contributed by atoms with Crippen molar-refractivity contribution in [3.63, 3.8) is 0 Å². The van der Waals surface area contributed by atoms with Crippen molar-refractivity contribution in [3.8, 4) is 17.3 Å². The smallest absolute Gasteiger partial charge is 0.187 e. The van der Waals surface area contributed by atoms with Gasteiger partial charge in [0.15, 0.2) is 17.2 Å². The molecule has 0 aliphatic heterocycles. The molecule has 28 heavy (non-hydrogen) atoms. The number of fused-ring (bicyclic) bond motifs is 1. The first-order valence-corrected chi connectivity index (χ1v) is 8.57. The molecule has 0 saturated carbocycles. The molecule has 136 valence electrons. The maximum absolute atomic E-state index is 9.58. The summed E-state index contributed by atoms with van der Waals surface area (Å²) in [6, 6.07) is 18.4. The van der Waals surface area contributed by atoms with Gasteiger partial charge in [-0.25, -0.2) is 9.50 Å². The molecule has 0 aliphatic rings. The van der Waals surface area contributed by atoms with Crippen LogP contribution in [0.2, 0.25) is 5.02 Å². The molecule has 2 aromatic heterocycles. The maximum Gasteiger partial charge on any atom is 0.187 e. The minimum Gasteiger partial charge on any atom is -0.382 e. The van der Waals surface area contributed by atoms with E-state index < -0.39 is 0 Å². The van der Waals surface area contributed by atoms with Crippen LogP contribution in [0.3, 0.4) is 0 Å². The fourth-order valence-corrected chi connectivity index (χ4v) is 2.95.